The minimum Gasteiger partial charge on any atom is -0.389 e. The van der Waals surface area contributed by atoms with Gasteiger partial charge in [-0.05, 0) is 31.7 Å². The van der Waals surface area contributed by atoms with Crippen molar-refractivity contribution in [2.45, 2.75) is 30.1 Å². The van der Waals surface area contributed by atoms with E-state index in [0.717, 1.165) is 0 Å². The van der Waals surface area contributed by atoms with Crippen LogP contribution in [0.15, 0.2) is 39.4 Å². The van der Waals surface area contributed by atoms with Crippen molar-refractivity contribution in [3.8, 4) is 0 Å². The lowest BCUT2D eigenvalue weighted by Crippen LogP contribution is -2.08. The van der Waals surface area contributed by atoms with Gasteiger partial charge in [-0.25, -0.2) is 9.97 Å². The number of aryl methyl sites for hydroxylation is 1. The highest BCUT2D eigenvalue weighted by Crippen LogP contribution is 2.28. The Labute approximate surface area is 108 Å². The highest BCUT2D eigenvalue weighted by Gasteiger charge is 2.11. The van der Waals surface area contributed by atoms with E-state index in [1.807, 2.05) is 0 Å². The molecule has 0 aliphatic heterocycles. The van der Waals surface area contributed by atoms with E-state index >= 15 is 0 Å². The third kappa shape index (κ3) is 2.96. The van der Waals surface area contributed by atoms with E-state index in [4.69, 9.17) is 0 Å². The molecule has 0 saturated carbocycles. The Morgan fingerprint density at radius 3 is 2.94 bits per heavy atom. The Kier molecular flexibility index (Phi) is 3.78. The minimum atomic E-state index is -0.613. The molecule has 0 aromatic carbocycles. The summed E-state index contributed by atoms with van der Waals surface area (Å²) in [6.45, 7) is 3.43. The van der Waals surface area contributed by atoms with Crippen LogP contribution in [-0.2, 0) is 0 Å². The van der Waals surface area contributed by atoms with Gasteiger partial charge in [0.1, 0.15) is 5.03 Å². The third-order valence-electron chi connectivity index (χ3n) is 2.29. The van der Waals surface area contributed by atoms with Crippen LogP contribution >= 0.6 is 11.8 Å². The normalized spacial score (nSPS) is 12.4. The second kappa shape index (κ2) is 5.32. The third-order valence-corrected chi connectivity index (χ3v) is 3.21. The van der Waals surface area contributed by atoms with E-state index in [-0.39, 0.29) is 5.56 Å². The molecule has 0 amide bonds. The zero-order valence-corrected chi connectivity index (χ0v) is 10.9. The first kappa shape index (κ1) is 12.8. The fourth-order valence-corrected chi connectivity index (χ4v) is 2.49. The van der Waals surface area contributed by atoms with Crippen molar-refractivity contribution in [3.05, 3.63) is 46.0 Å². The molecule has 0 radical (unpaired) electrons. The van der Waals surface area contributed by atoms with Gasteiger partial charge in [0.25, 0.3) is 5.56 Å². The van der Waals surface area contributed by atoms with Crippen molar-refractivity contribution in [1.29, 1.82) is 0 Å². The quantitative estimate of drug-likeness (QED) is 0.824. The zero-order valence-electron chi connectivity index (χ0n) is 10.0. The van der Waals surface area contributed by atoms with Crippen molar-refractivity contribution >= 4 is 11.8 Å². The summed E-state index contributed by atoms with van der Waals surface area (Å²) >= 11 is 1.23. The fraction of sp³-hybridized carbons (Fsp3) is 0.250. The standard InChI is InChI=1S/C12H13N3O2S/c1-7-6-10(17)15-12(14-7)18-11-9(8(2)16)4-3-5-13-11/h3-6,8,16H,1-2H3,(H,14,15,17)/t8-/m1/s1. The first-order valence-corrected chi connectivity index (χ1v) is 6.26. The van der Waals surface area contributed by atoms with Crippen molar-refractivity contribution in [2.24, 2.45) is 0 Å². The molecule has 2 N–H and O–H groups in total. The average molecular weight is 263 g/mol. The number of aliphatic hydroxyl groups excluding tert-OH is 1. The number of hydrogen-bond donors (Lipinski definition) is 2. The number of pyridine rings is 1. The molecule has 0 saturated heterocycles. The predicted molar refractivity (Wildman–Crippen MR) is 68.6 cm³/mol. The molecule has 2 rings (SSSR count). The monoisotopic (exact) mass is 263 g/mol. The highest BCUT2D eigenvalue weighted by atomic mass is 32.2. The molecule has 1 atom stereocenters. The predicted octanol–water partition coefficient (Wildman–Crippen LogP) is 1.68. The molecule has 2 heterocycles. The molecule has 2 aromatic rings. The number of aromatic amines is 1. The van der Waals surface area contributed by atoms with E-state index < -0.39 is 6.10 Å². The summed E-state index contributed by atoms with van der Waals surface area (Å²) in [5, 5.41) is 10.8. The molecule has 2 aromatic heterocycles. The number of aliphatic hydroxyl groups is 1. The molecule has 0 bridgehead atoms. The topological polar surface area (TPSA) is 78.9 Å². The maximum atomic E-state index is 11.3. The smallest absolute Gasteiger partial charge is 0.251 e. The van der Waals surface area contributed by atoms with Gasteiger partial charge in [0.05, 0.1) is 6.10 Å². The molecular formula is C12H13N3O2S. The van der Waals surface area contributed by atoms with Crippen LogP contribution in [0.4, 0.5) is 0 Å². The van der Waals surface area contributed by atoms with Crippen LogP contribution in [0.25, 0.3) is 0 Å². The van der Waals surface area contributed by atoms with Crippen LogP contribution < -0.4 is 5.56 Å². The fourth-order valence-electron chi connectivity index (χ4n) is 1.50. The Hall–Kier alpha value is -1.66. The number of H-pyrrole nitrogens is 1. The molecule has 0 unspecified atom stereocenters. The van der Waals surface area contributed by atoms with E-state index in [1.54, 1.807) is 32.2 Å². The van der Waals surface area contributed by atoms with Gasteiger partial charge in [-0.15, -0.1) is 0 Å². The second-order valence-corrected chi connectivity index (χ2v) is 4.85. The maximum absolute atomic E-state index is 11.3. The van der Waals surface area contributed by atoms with Gasteiger partial charge in [0, 0.05) is 23.5 Å². The summed E-state index contributed by atoms with van der Waals surface area (Å²) in [6.07, 6.45) is 1.03. The Morgan fingerprint density at radius 2 is 2.28 bits per heavy atom. The molecule has 0 fully saturated rings. The molecule has 5 nitrogen and oxygen atoms in total. The molecule has 94 valence electrons. The number of nitrogens with zero attached hydrogens (tertiary/aromatic N) is 2. The number of nitrogens with one attached hydrogen (secondary N) is 1. The molecular weight excluding hydrogens is 250 g/mol. The van der Waals surface area contributed by atoms with Crippen LogP contribution in [0.1, 0.15) is 24.3 Å². The van der Waals surface area contributed by atoms with Gasteiger partial charge in [-0.2, -0.15) is 0 Å². The summed E-state index contributed by atoms with van der Waals surface area (Å²) in [5.74, 6) is 0. The number of rotatable bonds is 3. The van der Waals surface area contributed by atoms with Gasteiger partial charge < -0.3 is 10.1 Å². The number of aromatic nitrogens is 3. The Morgan fingerprint density at radius 1 is 1.50 bits per heavy atom. The SMILES string of the molecule is Cc1cc(=O)[nH]c(Sc2ncccc2[C@@H](C)O)n1. The maximum Gasteiger partial charge on any atom is 0.251 e. The van der Waals surface area contributed by atoms with Crippen LogP contribution in [0, 0.1) is 6.92 Å². The zero-order chi connectivity index (χ0) is 13.1. The van der Waals surface area contributed by atoms with Gasteiger partial charge in [-0.3, -0.25) is 4.79 Å². The summed E-state index contributed by atoms with van der Waals surface area (Å²) in [5.41, 5.74) is 1.17. The highest BCUT2D eigenvalue weighted by molar-refractivity contribution is 7.99. The van der Waals surface area contributed by atoms with Crippen molar-refractivity contribution in [1.82, 2.24) is 15.0 Å². The van der Waals surface area contributed by atoms with Crippen LogP contribution in [0.5, 0.6) is 0 Å². The van der Waals surface area contributed by atoms with Gasteiger partial charge >= 0.3 is 0 Å². The second-order valence-electron chi connectivity index (χ2n) is 3.87. The van der Waals surface area contributed by atoms with Crippen LogP contribution in [-0.4, -0.2) is 20.1 Å². The van der Waals surface area contributed by atoms with Crippen molar-refractivity contribution in [2.75, 3.05) is 0 Å². The van der Waals surface area contributed by atoms with Gasteiger partial charge in [-0.1, -0.05) is 6.07 Å². The summed E-state index contributed by atoms with van der Waals surface area (Å²) in [4.78, 5) is 22.4. The van der Waals surface area contributed by atoms with Crippen molar-refractivity contribution < 1.29 is 5.11 Å². The summed E-state index contributed by atoms with van der Waals surface area (Å²) in [6, 6.07) is 4.99. The molecule has 0 aliphatic rings. The average Bonchev–Trinajstić information content (AvgIpc) is 2.27. The number of hydrogen-bond acceptors (Lipinski definition) is 5. The first-order chi connectivity index (χ1) is 8.56. The van der Waals surface area contributed by atoms with Crippen molar-refractivity contribution in [3.63, 3.8) is 0 Å². The molecule has 0 spiro atoms. The van der Waals surface area contributed by atoms with E-state index in [1.165, 1.54) is 17.8 Å². The van der Waals surface area contributed by atoms with E-state index in [0.29, 0.717) is 21.4 Å². The summed E-state index contributed by atoms with van der Waals surface area (Å²) < 4.78 is 0. The lowest BCUT2D eigenvalue weighted by atomic mass is 10.2. The first-order valence-electron chi connectivity index (χ1n) is 5.45. The lowest BCUT2D eigenvalue weighted by molar-refractivity contribution is 0.195. The minimum absolute atomic E-state index is 0.195. The Balaban J connectivity index is 2.37. The molecule has 0 aliphatic carbocycles. The van der Waals surface area contributed by atoms with Crippen LogP contribution in [0.2, 0.25) is 0 Å². The molecule has 18 heavy (non-hydrogen) atoms. The van der Waals surface area contributed by atoms with Crippen LogP contribution in [0.3, 0.4) is 0 Å². The Bertz CT molecular complexity index is 610. The van der Waals surface area contributed by atoms with E-state index in [2.05, 4.69) is 15.0 Å². The lowest BCUT2D eigenvalue weighted by Gasteiger charge is -2.09. The van der Waals surface area contributed by atoms with Gasteiger partial charge in [0.2, 0.25) is 0 Å². The largest absolute Gasteiger partial charge is 0.389 e. The molecule has 6 heteroatoms. The van der Waals surface area contributed by atoms with Gasteiger partial charge in [0.15, 0.2) is 5.16 Å². The van der Waals surface area contributed by atoms with E-state index in [9.17, 15) is 9.90 Å². The summed E-state index contributed by atoms with van der Waals surface area (Å²) in [7, 11) is 0.